The molecule has 0 aliphatic carbocycles. The monoisotopic (exact) mass is 271 g/mol. The van der Waals surface area contributed by atoms with Crippen molar-refractivity contribution < 1.29 is 13.9 Å². The third kappa shape index (κ3) is 1.77. The SMILES string of the molecule is COC(=O)c1nc(C)oc1-c1nc2ccccc2n1C. The molecule has 0 unspecified atom stereocenters. The van der Waals surface area contributed by atoms with E-state index in [1.807, 2.05) is 35.9 Å². The lowest BCUT2D eigenvalue weighted by atomic mass is 10.3. The van der Waals surface area contributed by atoms with Gasteiger partial charge in [-0.2, -0.15) is 0 Å². The molecule has 0 fully saturated rings. The van der Waals surface area contributed by atoms with Crippen LogP contribution in [0.3, 0.4) is 0 Å². The number of carbonyl (C=O) groups is 1. The Balaban J connectivity index is 2.26. The summed E-state index contributed by atoms with van der Waals surface area (Å²) in [6.45, 7) is 1.68. The summed E-state index contributed by atoms with van der Waals surface area (Å²) in [4.78, 5) is 20.3. The molecule has 0 atom stereocenters. The molecular formula is C14H13N3O3. The molecule has 2 aromatic heterocycles. The largest absolute Gasteiger partial charge is 0.464 e. The molecule has 0 saturated heterocycles. The van der Waals surface area contributed by atoms with E-state index in [0.29, 0.717) is 17.5 Å². The van der Waals surface area contributed by atoms with Gasteiger partial charge in [0, 0.05) is 14.0 Å². The highest BCUT2D eigenvalue weighted by Gasteiger charge is 2.24. The summed E-state index contributed by atoms with van der Waals surface area (Å²) < 4.78 is 12.1. The average molecular weight is 271 g/mol. The Morgan fingerprint density at radius 3 is 2.75 bits per heavy atom. The standard InChI is InChI=1S/C14H13N3O3/c1-8-15-11(14(18)19-3)12(20-8)13-16-9-6-4-5-7-10(9)17(13)2/h4-7H,1-3H3. The van der Waals surface area contributed by atoms with Crippen LogP contribution in [0.25, 0.3) is 22.6 Å². The molecule has 0 aliphatic heterocycles. The van der Waals surface area contributed by atoms with E-state index in [9.17, 15) is 4.79 Å². The molecule has 0 N–H and O–H groups in total. The smallest absolute Gasteiger partial charge is 0.360 e. The summed E-state index contributed by atoms with van der Waals surface area (Å²) in [5.74, 6) is 0.733. The minimum Gasteiger partial charge on any atom is -0.464 e. The van der Waals surface area contributed by atoms with E-state index < -0.39 is 5.97 Å². The highest BCUT2D eigenvalue weighted by Crippen LogP contribution is 2.27. The van der Waals surface area contributed by atoms with Crippen molar-refractivity contribution in [2.45, 2.75) is 6.92 Å². The molecule has 6 heteroatoms. The highest BCUT2D eigenvalue weighted by atomic mass is 16.5. The molecule has 0 saturated carbocycles. The number of methoxy groups -OCH3 is 1. The number of carbonyl (C=O) groups excluding carboxylic acids is 1. The van der Waals surface area contributed by atoms with Crippen LogP contribution in [0, 0.1) is 6.92 Å². The van der Waals surface area contributed by atoms with Crippen molar-refractivity contribution in [2.75, 3.05) is 7.11 Å². The van der Waals surface area contributed by atoms with E-state index in [4.69, 9.17) is 9.15 Å². The first-order valence-corrected chi connectivity index (χ1v) is 6.09. The number of hydrogen-bond acceptors (Lipinski definition) is 5. The molecule has 0 spiro atoms. The minimum absolute atomic E-state index is 0.142. The summed E-state index contributed by atoms with van der Waals surface area (Å²) in [5.41, 5.74) is 1.92. The molecule has 0 bridgehead atoms. The van der Waals surface area contributed by atoms with E-state index in [1.54, 1.807) is 6.92 Å². The quantitative estimate of drug-likeness (QED) is 0.669. The third-order valence-corrected chi connectivity index (χ3v) is 3.10. The van der Waals surface area contributed by atoms with Crippen molar-refractivity contribution in [3.8, 4) is 11.6 Å². The van der Waals surface area contributed by atoms with Crippen molar-refractivity contribution in [3.63, 3.8) is 0 Å². The lowest BCUT2D eigenvalue weighted by Crippen LogP contribution is -2.05. The maximum absolute atomic E-state index is 11.8. The Kier molecular flexibility index (Phi) is 2.78. The van der Waals surface area contributed by atoms with Gasteiger partial charge in [-0.25, -0.2) is 14.8 Å². The Bertz CT molecular complexity index is 801. The van der Waals surface area contributed by atoms with Crippen LogP contribution >= 0.6 is 0 Å². The summed E-state index contributed by atoms with van der Waals surface area (Å²) in [5, 5.41) is 0. The van der Waals surface area contributed by atoms with Crippen LogP contribution in [0.5, 0.6) is 0 Å². The van der Waals surface area contributed by atoms with Crippen molar-refractivity contribution in [1.82, 2.24) is 14.5 Å². The van der Waals surface area contributed by atoms with Gasteiger partial charge in [0.05, 0.1) is 18.1 Å². The van der Waals surface area contributed by atoms with Gasteiger partial charge in [-0.05, 0) is 12.1 Å². The number of hydrogen-bond donors (Lipinski definition) is 0. The van der Waals surface area contributed by atoms with Crippen LogP contribution in [-0.4, -0.2) is 27.6 Å². The molecule has 6 nitrogen and oxygen atoms in total. The first-order chi connectivity index (χ1) is 9.61. The number of ether oxygens (including phenoxy) is 1. The van der Waals surface area contributed by atoms with E-state index in [-0.39, 0.29) is 5.69 Å². The van der Waals surface area contributed by atoms with Gasteiger partial charge in [0.25, 0.3) is 0 Å². The number of aryl methyl sites for hydroxylation is 2. The van der Waals surface area contributed by atoms with Crippen LogP contribution in [0.1, 0.15) is 16.4 Å². The van der Waals surface area contributed by atoms with Gasteiger partial charge in [-0.3, -0.25) is 0 Å². The number of imidazole rings is 1. The topological polar surface area (TPSA) is 70.2 Å². The van der Waals surface area contributed by atoms with Crippen molar-refractivity contribution >= 4 is 17.0 Å². The summed E-state index contributed by atoms with van der Waals surface area (Å²) in [6, 6.07) is 7.69. The fourth-order valence-corrected chi connectivity index (χ4v) is 2.16. The first kappa shape index (κ1) is 12.4. The number of fused-ring (bicyclic) bond motifs is 1. The van der Waals surface area contributed by atoms with Gasteiger partial charge in [-0.15, -0.1) is 0 Å². The maximum Gasteiger partial charge on any atom is 0.360 e. The van der Waals surface area contributed by atoms with Crippen LogP contribution in [0.2, 0.25) is 0 Å². The normalized spacial score (nSPS) is 10.9. The van der Waals surface area contributed by atoms with Crippen LogP contribution < -0.4 is 0 Å². The zero-order chi connectivity index (χ0) is 14.3. The van der Waals surface area contributed by atoms with E-state index >= 15 is 0 Å². The maximum atomic E-state index is 11.8. The van der Waals surface area contributed by atoms with Crippen LogP contribution in [-0.2, 0) is 11.8 Å². The number of benzene rings is 1. The molecule has 2 heterocycles. The van der Waals surface area contributed by atoms with Crippen molar-refractivity contribution in [3.05, 3.63) is 35.9 Å². The van der Waals surface area contributed by atoms with Gasteiger partial charge in [0.2, 0.25) is 5.76 Å². The molecule has 3 aromatic rings. The molecule has 3 rings (SSSR count). The van der Waals surface area contributed by atoms with E-state index in [1.165, 1.54) is 7.11 Å². The van der Waals surface area contributed by atoms with E-state index in [2.05, 4.69) is 9.97 Å². The van der Waals surface area contributed by atoms with E-state index in [0.717, 1.165) is 11.0 Å². The Morgan fingerprint density at radius 2 is 2.05 bits per heavy atom. The van der Waals surface area contributed by atoms with Crippen molar-refractivity contribution in [2.24, 2.45) is 7.05 Å². The number of nitrogens with zero attached hydrogens (tertiary/aromatic N) is 3. The molecule has 102 valence electrons. The Morgan fingerprint density at radius 1 is 1.30 bits per heavy atom. The Hall–Kier alpha value is -2.63. The predicted molar refractivity (Wildman–Crippen MR) is 72.3 cm³/mol. The molecule has 0 amide bonds. The van der Waals surface area contributed by atoms with Crippen molar-refractivity contribution in [1.29, 1.82) is 0 Å². The zero-order valence-electron chi connectivity index (χ0n) is 11.4. The summed E-state index contributed by atoms with van der Waals surface area (Å²) in [7, 11) is 3.18. The zero-order valence-corrected chi connectivity index (χ0v) is 11.4. The molecule has 0 aliphatic rings. The number of para-hydroxylation sites is 2. The van der Waals surface area contributed by atoms with Crippen LogP contribution in [0.15, 0.2) is 28.7 Å². The molecular weight excluding hydrogens is 258 g/mol. The second kappa shape index (κ2) is 4.48. The fraction of sp³-hybridized carbons (Fsp3) is 0.214. The second-order valence-corrected chi connectivity index (χ2v) is 4.39. The lowest BCUT2D eigenvalue weighted by molar-refractivity contribution is 0.0595. The molecule has 0 radical (unpaired) electrons. The summed E-state index contributed by atoms with van der Waals surface area (Å²) in [6.07, 6.45) is 0. The van der Waals surface area contributed by atoms with Gasteiger partial charge in [-0.1, -0.05) is 12.1 Å². The summed E-state index contributed by atoms with van der Waals surface area (Å²) >= 11 is 0. The number of esters is 1. The average Bonchev–Trinajstić information content (AvgIpc) is 2.99. The second-order valence-electron chi connectivity index (χ2n) is 4.39. The fourth-order valence-electron chi connectivity index (χ4n) is 2.16. The number of aromatic nitrogens is 3. The lowest BCUT2D eigenvalue weighted by Gasteiger charge is -2.00. The van der Waals surface area contributed by atoms with Gasteiger partial charge in [0.1, 0.15) is 0 Å². The number of rotatable bonds is 2. The van der Waals surface area contributed by atoms with Gasteiger partial charge >= 0.3 is 5.97 Å². The van der Waals surface area contributed by atoms with Gasteiger partial charge < -0.3 is 13.7 Å². The Labute approximate surface area is 115 Å². The highest BCUT2D eigenvalue weighted by molar-refractivity contribution is 5.93. The number of oxazole rings is 1. The first-order valence-electron chi connectivity index (χ1n) is 6.09. The molecule has 1 aromatic carbocycles. The predicted octanol–water partition coefficient (Wildman–Crippen LogP) is 2.32. The van der Waals surface area contributed by atoms with Crippen LogP contribution in [0.4, 0.5) is 0 Å². The molecule has 20 heavy (non-hydrogen) atoms. The van der Waals surface area contributed by atoms with Gasteiger partial charge in [0.15, 0.2) is 17.4 Å². The third-order valence-electron chi connectivity index (χ3n) is 3.10. The minimum atomic E-state index is -0.538.